The minimum absolute atomic E-state index is 0.716. The molecule has 8 heteroatoms. The maximum Gasteiger partial charge on any atom is 0.159 e. The van der Waals surface area contributed by atoms with Gasteiger partial charge in [0.05, 0.1) is 17.2 Å². The summed E-state index contributed by atoms with van der Waals surface area (Å²) in [6.07, 6.45) is 7.04. The summed E-state index contributed by atoms with van der Waals surface area (Å²) in [6, 6.07) is 7.92. The van der Waals surface area contributed by atoms with Crippen molar-refractivity contribution >= 4 is 39.5 Å². The van der Waals surface area contributed by atoms with Crippen LogP contribution in [0.3, 0.4) is 0 Å². The first-order chi connectivity index (χ1) is 14.2. The lowest BCUT2D eigenvalue weighted by Crippen LogP contribution is -2.30. The zero-order valence-electron chi connectivity index (χ0n) is 16.0. The minimum atomic E-state index is 0.716. The highest BCUT2D eigenvalue weighted by Crippen LogP contribution is 2.31. The van der Waals surface area contributed by atoms with Gasteiger partial charge in [0.1, 0.15) is 11.2 Å². The number of fused-ring (bicyclic) bond motifs is 2. The molecule has 5 rings (SSSR count). The number of nitrogens with zero attached hydrogens (tertiary/aromatic N) is 5. The first kappa shape index (κ1) is 17.4. The molecule has 0 saturated carbocycles. The summed E-state index contributed by atoms with van der Waals surface area (Å²) in [7, 11) is 0. The van der Waals surface area contributed by atoms with E-state index in [4.69, 9.17) is 10.8 Å². The summed E-state index contributed by atoms with van der Waals surface area (Å²) in [6.45, 7) is 6.05. The molecule has 0 amide bonds. The predicted octanol–water partition coefficient (Wildman–Crippen LogP) is 3.45. The largest absolute Gasteiger partial charge is 0.355 e. The normalized spacial score (nSPS) is 15.0. The second-order valence-corrected chi connectivity index (χ2v) is 7.30. The molecule has 0 spiro atoms. The predicted molar refractivity (Wildman–Crippen MR) is 117 cm³/mol. The maximum absolute atomic E-state index is 5.26. The fourth-order valence-electron chi connectivity index (χ4n) is 3.93. The second-order valence-electron chi connectivity index (χ2n) is 7.30. The Labute approximate surface area is 167 Å². The molecule has 4 heterocycles. The number of rotatable bonds is 4. The average Bonchev–Trinajstić information content (AvgIpc) is 3.37. The van der Waals surface area contributed by atoms with Gasteiger partial charge in [-0.25, -0.2) is 9.97 Å². The second kappa shape index (κ2) is 7.05. The Kier molecular flexibility index (Phi) is 4.23. The number of aromatic amines is 2. The third-order valence-corrected chi connectivity index (χ3v) is 5.43. The van der Waals surface area contributed by atoms with E-state index in [0.717, 1.165) is 57.7 Å². The minimum Gasteiger partial charge on any atom is -0.355 e. The first-order valence-corrected chi connectivity index (χ1v) is 9.75. The highest BCUT2D eigenvalue weighted by molar-refractivity contribution is 6.10. The Morgan fingerprint density at radius 2 is 2.03 bits per heavy atom. The van der Waals surface area contributed by atoms with E-state index in [1.54, 1.807) is 6.21 Å². The van der Waals surface area contributed by atoms with Crippen molar-refractivity contribution in [1.82, 2.24) is 25.1 Å². The number of anilines is 1. The molecule has 0 aliphatic carbocycles. The number of nitrogens with one attached hydrogen (secondary N) is 2. The van der Waals surface area contributed by atoms with Crippen molar-refractivity contribution in [2.45, 2.75) is 19.3 Å². The van der Waals surface area contributed by atoms with Gasteiger partial charge in [-0.3, -0.25) is 5.10 Å². The lowest BCUT2D eigenvalue weighted by molar-refractivity contribution is 0.574. The summed E-state index contributed by atoms with van der Waals surface area (Å²) >= 11 is 0. The topological polar surface area (TPSA) is 112 Å². The third-order valence-electron chi connectivity index (χ3n) is 5.43. The van der Waals surface area contributed by atoms with Gasteiger partial charge in [-0.2, -0.15) is 10.2 Å². The number of hydrogen-bond acceptors (Lipinski definition) is 6. The fourth-order valence-corrected chi connectivity index (χ4v) is 3.93. The van der Waals surface area contributed by atoms with E-state index in [1.807, 2.05) is 30.5 Å². The van der Waals surface area contributed by atoms with Gasteiger partial charge in [0.15, 0.2) is 11.6 Å². The number of imidazole rings is 1. The lowest BCUT2D eigenvalue weighted by Gasteiger charge is -2.27. The number of piperidine rings is 1. The van der Waals surface area contributed by atoms with Crippen LogP contribution in [0.1, 0.15) is 24.8 Å². The summed E-state index contributed by atoms with van der Waals surface area (Å²) in [5, 5.41) is 12.1. The molecule has 0 atom stereocenters. The van der Waals surface area contributed by atoms with Gasteiger partial charge < -0.3 is 15.7 Å². The molecular weight excluding hydrogens is 364 g/mol. The Morgan fingerprint density at radius 3 is 2.86 bits per heavy atom. The average molecular weight is 386 g/mol. The van der Waals surface area contributed by atoms with E-state index in [1.165, 1.54) is 19.3 Å². The van der Waals surface area contributed by atoms with Crippen LogP contribution >= 0.6 is 0 Å². The van der Waals surface area contributed by atoms with Crippen LogP contribution < -0.4 is 10.7 Å². The molecule has 3 aromatic heterocycles. The summed E-state index contributed by atoms with van der Waals surface area (Å²) in [4.78, 5) is 15.2. The van der Waals surface area contributed by atoms with E-state index >= 15 is 0 Å². The van der Waals surface area contributed by atoms with Crippen molar-refractivity contribution < 1.29 is 0 Å². The number of pyridine rings is 1. The van der Waals surface area contributed by atoms with Gasteiger partial charge in [0.2, 0.25) is 0 Å². The van der Waals surface area contributed by atoms with Crippen LogP contribution in [0.5, 0.6) is 0 Å². The van der Waals surface area contributed by atoms with Crippen molar-refractivity contribution in [1.29, 1.82) is 0 Å². The highest BCUT2D eigenvalue weighted by atomic mass is 15.2. The van der Waals surface area contributed by atoms with E-state index in [2.05, 4.69) is 36.7 Å². The first-order valence-electron chi connectivity index (χ1n) is 9.75. The third kappa shape index (κ3) is 3.02. The van der Waals surface area contributed by atoms with Gasteiger partial charge in [0, 0.05) is 24.7 Å². The van der Waals surface area contributed by atoms with Crippen molar-refractivity contribution in [3.05, 3.63) is 42.6 Å². The van der Waals surface area contributed by atoms with Crippen LogP contribution in [0.15, 0.2) is 42.1 Å². The van der Waals surface area contributed by atoms with Crippen LogP contribution in [0.2, 0.25) is 0 Å². The molecule has 1 aromatic carbocycles. The van der Waals surface area contributed by atoms with Crippen molar-refractivity contribution in [2.24, 2.45) is 10.9 Å². The molecule has 4 N–H and O–H groups in total. The van der Waals surface area contributed by atoms with Gasteiger partial charge in [-0.1, -0.05) is 12.6 Å². The van der Waals surface area contributed by atoms with Gasteiger partial charge in [-0.05, 0) is 48.6 Å². The number of H-pyrrole nitrogens is 2. The Hall–Kier alpha value is -3.68. The highest BCUT2D eigenvalue weighted by Gasteiger charge is 2.19. The molecular formula is C21H22N8. The molecule has 0 unspecified atom stereocenters. The molecule has 1 fully saturated rings. The van der Waals surface area contributed by atoms with E-state index in [-0.39, 0.29) is 0 Å². The maximum atomic E-state index is 5.26. The number of hydrogen-bond donors (Lipinski definition) is 3. The van der Waals surface area contributed by atoms with Gasteiger partial charge in [0.25, 0.3) is 0 Å². The van der Waals surface area contributed by atoms with Crippen LogP contribution in [-0.2, 0) is 0 Å². The number of benzene rings is 1. The zero-order chi connectivity index (χ0) is 19.8. The molecule has 1 saturated heterocycles. The van der Waals surface area contributed by atoms with Gasteiger partial charge in [-0.15, -0.1) is 0 Å². The molecule has 1 aliphatic heterocycles. The quantitative estimate of drug-likeness (QED) is 0.282. The lowest BCUT2D eigenvalue weighted by atomic mass is 10.1. The van der Waals surface area contributed by atoms with Gasteiger partial charge >= 0.3 is 0 Å². The van der Waals surface area contributed by atoms with Crippen LogP contribution in [-0.4, -0.2) is 44.5 Å². The molecule has 29 heavy (non-hydrogen) atoms. The smallest absolute Gasteiger partial charge is 0.159 e. The molecule has 0 bridgehead atoms. The Balaban J connectivity index is 1.61. The van der Waals surface area contributed by atoms with E-state index < -0.39 is 0 Å². The summed E-state index contributed by atoms with van der Waals surface area (Å²) < 4.78 is 0. The summed E-state index contributed by atoms with van der Waals surface area (Å²) in [5.41, 5.74) is 5.21. The van der Waals surface area contributed by atoms with Crippen molar-refractivity contribution in [3.8, 4) is 11.5 Å². The van der Waals surface area contributed by atoms with E-state index in [9.17, 15) is 0 Å². The molecule has 4 aromatic rings. The van der Waals surface area contributed by atoms with Crippen molar-refractivity contribution in [3.63, 3.8) is 0 Å². The Bertz CT molecular complexity index is 1230. The molecule has 8 nitrogen and oxygen atoms in total. The Morgan fingerprint density at radius 1 is 1.17 bits per heavy atom. The van der Waals surface area contributed by atoms with Crippen LogP contribution in [0, 0.1) is 0 Å². The zero-order valence-corrected chi connectivity index (χ0v) is 16.0. The number of allylic oxidation sites excluding steroid dienone is 1. The SMILES string of the molecule is C=C(/C=N\N)c1ccc2[nH]nc(-c3nc4c(N5CCCCC5)nccc4[nH]3)c2c1. The fraction of sp³-hybridized carbons (Fsp3) is 0.238. The molecule has 0 radical (unpaired) electrons. The number of nitrogens with two attached hydrogens (primary N) is 1. The van der Waals surface area contributed by atoms with E-state index in [0.29, 0.717) is 5.82 Å². The molecule has 146 valence electrons. The standard InChI is InChI=1S/C21H22N8/c1-13(12-24-22)14-5-6-16-15(11-14)18(28-27-16)20-25-17-7-8-23-21(19(17)26-20)29-9-3-2-4-10-29/h5-8,11-12H,1-4,9-10,22H2,(H,25,26)(H,27,28)/b24-12-. The summed E-state index contributed by atoms with van der Waals surface area (Å²) in [5.74, 6) is 6.92. The number of aromatic nitrogens is 5. The molecule has 1 aliphatic rings. The van der Waals surface area contributed by atoms with Crippen LogP contribution in [0.25, 0.3) is 39.0 Å². The number of hydrazone groups is 1. The van der Waals surface area contributed by atoms with Crippen LogP contribution in [0.4, 0.5) is 5.82 Å². The monoisotopic (exact) mass is 386 g/mol. The van der Waals surface area contributed by atoms with Crippen molar-refractivity contribution in [2.75, 3.05) is 18.0 Å².